The van der Waals surface area contributed by atoms with Crippen LogP contribution in [0.4, 0.5) is 13.2 Å². The minimum atomic E-state index is -4.44. The van der Waals surface area contributed by atoms with Crippen molar-refractivity contribution in [2.75, 3.05) is 19.8 Å². The van der Waals surface area contributed by atoms with Gasteiger partial charge in [0.15, 0.2) is 11.5 Å². The molecule has 0 radical (unpaired) electrons. The number of aliphatic hydroxyl groups excluding tert-OH is 1. The van der Waals surface area contributed by atoms with E-state index in [1.165, 1.54) is 83.1 Å². The molecule has 0 atom stereocenters. The Kier molecular flexibility index (Phi) is 18.1. The third kappa shape index (κ3) is 14.6. The molecule has 0 bridgehead atoms. The molecule has 0 aromatic heterocycles. The van der Waals surface area contributed by atoms with Gasteiger partial charge in [0.25, 0.3) is 0 Å². The lowest BCUT2D eigenvalue weighted by molar-refractivity contribution is -0.137. The maximum atomic E-state index is 13.2. The molecule has 3 nitrogen and oxygen atoms in total. The number of benzene rings is 2. The molecular weight excluding hydrogens is 537 g/mol. The average molecular weight is 591 g/mol. The minimum absolute atomic E-state index is 0.337. The first-order chi connectivity index (χ1) is 20.4. The van der Waals surface area contributed by atoms with Crippen LogP contribution in [-0.2, 0) is 6.18 Å². The maximum Gasteiger partial charge on any atom is 0.416 e. The van der Waals surface area contributed by atoms with Crippen molar-refractivity contribution >= 4 is 11.6 Å². The van der Waals surface area contributed by atoms with Crippen LogP contribution in [-0.4, -0.2) is 24.9 Å². The van der Waals surface area contributed by atoms with E-state index in [2.05, 4.69) is 13.8 Å². The van der Waals surface area contributed by atoms with Crippen LogP contribution in [0.3, 0.4) is 0 Å². The van der Waals surface area contributed by atoms with E-state index in [1.54, 1.807) is 12.1 Å². The largest absolute Gasteiger partial charge is 0.490 e. The molecule has 2 rings (SSSR count). The van der Waals surface area contributed by atoms with E-state index >= 15 is 0 Å². The quantitative estimate of drug-likeness (QED) is 0.103. The van der Waals surface area contributed by atoms with Gasteiger partial charge in [-0.2, -0.15) is 13.2 Å². The van der Waals surface area contributed by atoms with E-state index in [1.807, 2.05) is 18.2 Å². The molecule has 0 heterocycles. The third-order valence-electron chi connectivity index (χ3n) is 7.55. The van der Waals surface area contributed by atoms with E-state index in [9.17, 15) is 18.3 Å². The molecule has 0 saturated heterocycles. The Morgan fingerprint density at radius 3 is 1.71 bits per heavy atom. The number of aliphatic hydroxyl groups is 1. The highest BCUT2D eigenvalue weighted by Crippen LogP contribution is 2.33. The van der Waals surface area contributed by atoms with Crippen LogP contribution in [0.15, 0.2) is 42.5 Å². The van der Waals surface area contributed by atoms with Gasteiger partial charge in [0.05, 0.1) is 25.4 Å². The summed E-state index contributed by atoms with van der Waals surface area (Å²) in [6.45, 7) is 5.27. The van der Waals surface area contributed by atoms with Crippen molar-refractivity contribution in [3.63, 3.8) is 0 Å². The molecule has 2 aromatic rings. The summed E-state index contributed by atoms with van der Waals surface area (Å²) < 4.78 is 52.0. The van der Waals surface area contributed by atoms with Gasteiger partial charge in [0, 0.05) is 0 Å². The zero-order valence-corrected chi connectivity index (χ0v) is 26.0. The fraction of sp³-hybridized carbons (Fsp3) is 0.611. The zero-order chi connectivity index (χ0) is 30.5. The molecule has 42 heavy (non-hydrogen) atoms. The Hall–Kier alpha value is -2.47. The lowest BCUT2D eigenvalue weighted by Crippen LogP contribution is -2.05. The topological polar surface area (TPSA) is 38.7 Å². The lowest BCUT2D eigenvalue weighted by Gasteiger charge is -2.15. The Labute approximate surface area is 252 Å². The molecule has 6 heteroatoms. The van der Waals surface area contributed by atoms with E-state index in [0.717, 1.165) is 43.4 Å². The number of hydrogen-bond donors (Lipinski definition) is 1. The Balaban J connectivity index is 2.03. The van der Waals surface area contributed by atoms with Crippen LogP contribution < -0.4 is 9.47 Å². The van der Waals surface area contributed by atoms with Crippen LogP contribution in [0.25, 0.3) is 11.6 Å². The molecule has 0 aliphatic rings. The first kappa shape index (κ1) is 35.7. The van der Waals surface area contributed by atoms with Crippen molar-refractivity contribution in [3.05, 3.63) is 59.2 Å². The summed E-state index contributed by atoms with van der Waals surface area (Å²) in [5.74, 6) is 1.31. The second kappa shape index (κ2) is 21.3. The minimum Gasteiger partial charge on any atom is -0.490 e. The molecular formula is C36H53F3O3. The van der Waals surface area contributed by atoms with Gasteiger partial charge in [0.2, 0.25) is 0 Å². The van der Waals surface area contributed by atoms with Crippen molar-refractivity contribution in [3.8, 4) is 11.5 Å². The monoisotopic (exact) mass is 590 g/mol. The summed E-state index contributed by atoms with van der Waals surface area (Å²) >= 11 is 0. The summed E-state index contributed by atoms with van der Waals surface area (Å²) in [6, 6.07) is 10.6. The summed E-state index contributed by atoms with van der Waals surface area (Å²) in [7, 11) is 0. The van der Waals surface area contributed by atoms with Crippen LogP contribution in [0.5, 0.6) is 11.5 Å². The highest BCUT2D eigenvalue weighted by molar-refractivity contribution is 5.82. The molecule has 1 N–H and O–H groups in total. The first-order valence-electron chi connectivity index (χ1n) is 16.3. The predicted octanol–water partition coefficient (Wildman–Crippen LogP) is 11.3. The number of hydrogen-bond acceptors (Lipinski definition) is 3. The summed E-state index contributed by atoms with van der Waals surface area (Å²) in [6.07, 6.45) is 16.8. The number of ether oxygens (including phenoxy) is 2. The summed E-state index contributed by atoms with van der Waals surface area (Å²) in [5.41, 5.74) is 0.742. The SMILES string of the molecule is CCCCCCCCCCOc1ccc(/C=C(\CO)c2cccc(C(F)(F)F)c2)cc1OCCCCCCCCCC. The fourth-order valence-corrected chi connectivity index (χ4v) is 5.00. The Bertz CT molecular complexity index is 1020. The third-order valence-corrected chi connectivity index (χ3v) is 7.55. The molecule has 2 aromatic carbocycles. The van der Waals surface area contributed by atoms with E-state index < -0.39 is 11.7 Å². The van der Waals surface area contributed by atoms with Crippen LogP contribution in [0, 0.1) is 0 Å². The second-order valence-electron chi connectivity index (χ2n) is 11.3. The molecule has 0 aliphatic carbocycles. The normalized spacial score (nSPS) is 12.1. The van der Waals surface area contributed by atoms with E-state index in [-0.39, 0.29) is 6.61 Å². The van der Waals surface area contributed by atoms with Crippen LogP contribution in [0.1, 0.15) is 133 Å². The number of rotatable bonds is 23. The van der Waals surface area contributed by atoms with Crippen LogP contribution in [0.2, 0.25) is 0 Å². The Morgan fingerprint density at radius 1 is 0.667 bits per heavy atom. The zero-order valence-electron chi connectivity index (χ0n) is 26.0. The fourth-order valence-electron chi connectivity index (χ4n) is 5.00. The van der Waals surface area contributed by atoms with Gasteiger partial charge in [-0.25, -0.2) is 0 Å². The predicted molar refractivity (Wildman–Crippen MR) is 169 cm³/mol. The Morgan fingerprint density at radius 2 is 1.19 bits per heavy atom. The lowest BCUT2D eigenvalue weighted by atomic mass is 10.0. The number of unbranched alkanes of at least 4 members (excludes halogenated alkanes) is 14. The van der Waals surface area contributed by atoms with E-state index in [4.69, 9.17) is 9.47 Å². The maximum absolute atomic E-state index is 13.2. The first-order valence-corrected chi connectivity index (χ1v) is 16.3. The van der Waals surface area contributed by atoms with Gasteiger partial charge in [0.1, 0.15) is 0 Å². The molecule has 0 fully saturated rings. The average Bonchev–Trinajstić information content (AvgIpc) is 2.98. The molecule has 0 aliphatic heterocycles. The highest BCUT2D eigenvalue weighted by atomic mass is 19.4. The van der Waals surface area contributed by atoms with Gasteiger partial charge in [-0.15, -0.1) is 0 Å². The second-order valence-corrected chi connectivity index (χ2v) is 11.3. The van der Waals surface area contributed by atoms with E-state index in [0.29, 0.717) is 35.8 Å². The molecule has 0 unspecified atom stereocenters. The van der Waals surface area contributed by atoms with Crippen molar-refractivity contribution in [2.45, 2.75) is 123 Å². The molecule has 0 saturated carbocycles. The van der Waals surface area contributed by atoms with Crippen molar-refractivity contribution < 1.29 is 27.8 Å². The summed E-state index contributed by atoms with van der Waals surface area (Å²) in [4.78, 5) is 0. The summed E-state index contributed by atoms with van der Waals surface area (Å²) in [5, 5.41) is 9.99. The number of halogens is 3. The van der Waals surface area contributed by atoms with Crippen molar-refractivity contribution in [1.29, 1.82) is 0 Å². The van der Waals surface area contributed by atoms with Gasteiger partial charge in [-0.3, -0.25) is 0 Å². The molecule has 0 spiro atoms. The van der Waals surface area contributed by atoms with Gasteiger partial charge < -0.3 is 14.6 Å². The van der Waals surface area contributed by atoms with Crippen molar-refractivity contribution in [1.82, 2.24) is 0 Å². The van der Waals surface area contributed by atoms with Crippen molar-refractivity contribution in [2.24, 2.45) is 0 Å². The standard InChI is InChI=1S/C36H53F3O3/c1-3-5-7-9-11-13-15-17-24-41-34-23-22-30(27-35(34)42-25-18-16-14-12-10-8-6-4-2)26-32(29-40)31-20-19-21-33(28-31)36(37,38)39/h19-23,26-28,40H,3-18,24-25,29H2,1-2H3/b32-26+. The smallest absolute Gasteiger partial charge is 0.416 e. The van der Waals surface area contributed by atoms with Gasteiger partial charge in [-0.05, 0) is 59.9 Å². The highest BCUT2D eigenvalue weighted by Gasteiger charge is 2.30. The van der Waals surface area contributed by atoms with Gasteiger partial charge >= 0.3 is 6.18 Å². The molecule has 236 valence electrons. The number of alkyl halides is 3. The van der Waals surface area contributed by atoms with Crippen LogP contribution >= 0.6 is 0 Å². The van der Waals surface area contributed by atoms with Gasteiger partial charge in [-0.1, -0.05) is 122 Å². The molecule has 0 amide bonds.